The first-order valence-corrected chi connectivity index (χ1v) is 12.5. The maximum absolute atomic E-state index is 9.26. The highest BCUT2D eigenvalue weighted by molar-refractivity contribution is 6.29. The van der Waals surface area contributed by atoms with Crippen LogP contribution in [0.5, 0.6) is 0 Å². The van der Waals surface area contributed by atoms with Gasteiger partial charge >= 0.3 is 0 Å². The van der Waals surface area contributed by atoms with Crippen LogP contribution in [0.3, 0.4) is 0 Å². The summed E-state index contributed by atoms with van der Waals surface area (Å²) in [4.78, 5) is 3.58. The molecule has 0 aliphatic heterocycles. The molecule has 0 N–H and O–H groups in total. The minimum Gasteiger partial charge on any atom is -0.238 e. The molecule has 0 bridgehead atoms. The first-order chi connectivity index (χ1) is 18.7. The summed E-state index contributed by atoms with van der Waals surface area (Å²) in [6, 6.07) is 44.1. The summed E-state index contributed by atoms with van der Waals surface area (Å²) in [6.45, 7) is 7.36. The Labute approximate surface area is 220 Å². The van der Waals surface area contributed by atoms with Gasteiger partial charge in [-0.05, 0) is 83.9 Å². The van der Waals surface area contributed by atoms with Crippen LogP contribution in [-0.4, -0.2) is 0 Å². The maximum atomic E-state index is 9.26. The molecule has 0 spiro atoms. The van der Waals surface area contributed by atoms with Crippen molar-refractivity contribution in [3.8, 4) is 39.4 Å². The van der Waals surface area contributed by atoms with Gasteiger partial charge in [-0.1, -0.05) is 103 Å². The molecule has 0 atom stereocenters. The van der Waals surface area contributed by atoms with Crippen LogP contribution in [0.25, 0.3) is 70.5 Å². The standard InChI is InChI=1S/C36H20N2/c1-38-28-15-11-26(12-16-28)34-21-33(24-5-3-2-4-6-24)32-20-19-30-29(25-9-7-23(22-37)8-10-25)17-13-27-14-18-31(34)36(32)35(27)30/h2-21H. The molecule has 7 rings (SSSR count). The van der Waals surface area contributed by atoms with Crippen molar-refractivity contribution < 1.29 is 0 Å². The molecule has 0 amide bonds. The van der Waals surface area contributed by atoms with Crippen molar-refractivity contribution in [1.82, 2.24) is 0 Å². The second-order valence-corrected chi connectivity index (χ2v) is 9.55. The molecule has 0 aromatic heterocycles. The van der Waals surface area contributed by atoms with E-state index in [1.807, 2.05) is 42.5 Å². The van der Waals surface area contributed by atoms with Gasteiger partial charge in [0.15, 0.2) is 5.69 Å². The van der Waals surface area contributed by atoms with Crippen LogP contribution in [0.2, 0.25) is 0 Å². The molecule has 0 radical (unpaired) electrons. The first-order valence-electron chi connectivity index (χ1n) is 12.5. The minimum atomic E-state index is 0.641. The third-order valence-corrected chi connectivity index (χ3v) is 7.50. The summed E-state index contributed by atoms with van der Waals surface area (Å²) in [6.07, 6.45) is 0. The van der Waals surface area contributed by atoms with E-state index in [4.69, 9.17) is 6.57 Å². The Kier molecular flexibility index (Phi) is 4.93. The Balaban J connectivity index is 1.60. The van der Waals surface area contributed by atoms with Gasteiger partial charge in [-0.2, -0.15) is 5.26 Å². The van der Waals surface area contributed by atoms with Crippen LogP contribution >= 0.6 is 0 Å². The highest BCUT2D eigenvalue weighted by atomic mass is 14.6. The largest absolute Gasteiger partial charge is 0.238 e. The SMILES string of the molecule is [C-]#[N+]c1ccc(-c2cc(-c3ccccc3)c3ccc4c(-c5ccc(C#N)cc5)ccc5ccc2c3c54)cc1. The van der Waals surface area contributed by atoms with E-state index in [0.29, 0.717) is 11.3 Å². The average molecular weight is 481 g/mol. The molecule has 0 aliphatic rings. The van der Waals surface area contributed by atoms with Gasteiger partial charge in [-0.15, -0.1) is 0 Å². The van der Waals surface area contributed by atoms with Gasteiger partial charge in [0.25, 0.3) is 0 Å². The highest BCUT2D eigenvalue weighted by Gasteiger charge is 2.18. The lowest BCUT2D eigenvalue weighted by atomic mass is 9.84. The molecule has 174 valence electrons. The lowest BCUT2D eigenvalue weighted by Gasteiger charge is -2.19. The average Bonchev–Trinajstić information content (AvgIpc) is 3.00. The number of benzene rings is 7. The minimum absolute atomic E-state index is 0.641. The molecule has 0 saturated carbocycles. The van der Waals surface area contributed by atoms with Crippen LogP contribution in [0.1, 0.15) is 5.56 Å². The fourth-order valence-electron chi connectivity index (χ4n) is 5.68. The number of hydrogen-bond donors (Lipinski definition) is 0. The van der Waals surface area contributed by atoms with E-state index in [9.17, 15) is 5.26 Å². The molecule has 2 heteroatoms. The van der Waals surface area contributed by atoms with E-state index in [1.165, 1.54) is 43.4 Å². The molecule has 0 unspecified atom stereocenters. The topological polar surface area (TPSA) is 28.1 Å². The van der Waals surface area contributed by atoms with E-state index >= 15 is 0 Å². The van der Waals surface area contributed by atoms with Gasteiger partial charge in [-0.3, -0.25) is 0 Å². The second kappa shape index (κ2) is 8.59. The molecule has 38 heavy (non-hydrogen) atoms. The zero-order valence-electron chi connectivity index (χ0n) is 20.4. The van der Waals surface area contributed by atoms with Crippen molar-refractivity contribution in [3.05, 3.63) is 138 Å². The highest BCUT2D eigenvalue weighted by Crippen LogP contribution is 2.46. The van der Waals surface area contributed by atoms with Crippen LogP contribution in [0, 0.1) is 17.9 Å². The van der Waals surface area contributed by atoms with Crippen molar-refractivity contribution in [2.24, 2.45) is 0 Å². The fraction of sp³-hybridized carbons (Fsp3) is 0. The summed E-state index contributed by atoms with van der Waals surface area (Å²) in [5.41, 5.74) is 8.18. The summed E-state index contributed by atoms with van der Waals surface area (Å²) < 4.78 is 0. The molecular formula is C36H20N2. The normalized spacial score (nSPS) is 11.1. The zero-order valence-corrected chi connectivity index (χ0v) is 20.4. The Morgan fingerprint density at radius 3 is 1.74 bits per heavy atom. The number of nitrogens with zero attached hydrogens (tertiary/aromatic N) is 2. The Hall–Kier alpha value is -5.44. The lowest BCUT2D eigenvalue weighted by molar-refractivity contribution is 1.48. The Morgan fingerprint density at radius 1 is 0.526 bits per heavy atom. The van der Waals surface area contributed by atoms with Crippen molar-refractivity contribution in [2.45, 2.75) is 0 Å². The number of rotatable bonds is 3. The monoisotopic (exact) mass is 480 g/mol. The van der Waals surface area contributed by atoms with Gasteiger partial charge in [-0.25, -0.2) is 4.85 Å². The summed E-state index contributed by atoms with van der Waals surface area (Å²) in [5.74, 6) is 0. The van der Waals surface area contributed by atoms with E-state index in [-0.39, 0.29) is 0 Å². The van der Waals surface area contributed by atoms with Gasteiger partial charge in [0, 0.05) is 0 Å². The fourth-order valence-corrected chi connectivity index (χ4v) is 5.68. The first kappa shape index (κ1) is 21.8. The second-order valence-electron chi connectivity index (χ2n) is 9.55. The van der Waals surface area contributed by atoms with Gasteiger partial charge in [0.2, 0.25) is 0 Å². The molecule has 0 fully saturated rings. The summed E-state index contributed by atoms with van der Waals surface area (Å²) >= 11 is 0. The van der Waals surface area contributed by atoms with Gasteiger partial charge < -0.3 is 0 Å². The molecule has 0 aliphatic carbocycles. The van der Waals surface area contributed by atoms with Crippen LogP contribution in [0.15, 0.2) is 121 Å². The van der Waals surface area contributed by atoms with Crippen molar-refractivity contribution in [2.75, 3.05) is 0 Å². The summed E-state index contributed by atoms with van der Waals surface area (Å²) in [7, 11) is 0. The molecule has 7 aromatic carbocycles. The van der Waals surface area contributed by atoms with Gasteiger partial charge in [0.05, 0.1) is 18.2 Å². The number of nitriles is 1. The lowest BCUT2D eigenvalue weighted by Crippen LogP contribution is -1.92. The van der Waals surface area contributed by atoms with Crippen LogP contribution < -0.4 is 0 Å². The van der Waals surface area contributed by atoms with Crippen molar-refractivity contribution in [3.63, 3.8) is 0 Å². The quantitative estimate of drug-likeness (QED) is 0.183. The maximum Gasteiger partial charge on any atom is 0.187 e. The third-order valence-electron chi connectivity index (χ3n) is 7.50. The van der Waals surface area contributed by atoms with E-state index in [0.717, 1.165) is 22.3 Å². The Bertz CT molecular complexity index is 2060. The van der Waals surface area contributed by atoms with Crippen LogP contribution in [0.4, 0.5) is 5.69 Å². The van der Waals surface area contributed by atoms with Crippen LogP contribution in [-0.2, 0) is 0 Å². The van der Waals surface area contributed by atoms with Gasteiger partial charge in [0.1, 0.15) is 0 Å². The smallest absolute Gasteiger partial charge is 0.187 e. The predicted octanol–water partition coefficient (Wildman–Crippen LogP) is 10.0. The molecule has 0 heterocycles. The summed E-state index contributed by atoms with van der Waals surface area (Å²) in [5, 5.41) is 16.6. The zero-order chi connectivity index (χ0) is 25.6. The van der Waals surface area contributed by atoms with Crippen molar-refractivity contribution in [1.29, 1.82) is 5.26 Å². The van der Waals surface area contributed by atoms with E-state index < -0.39 is 0 Å². The molecule has 2 nitrogen and oxygen atoms in total. The third kappa shape index (κ3) is 3.33. The molecule has 0 saturated heterocycles. The molecular weight excluding hydrogens is 460 g/mol. The Morgan fingerprint density at radius 2 is 1.08 bits per heavy atom. The molecule has 7 aromatic rings. The number of hydrogen-bond acceptors (Lipinski definition) is 1. The van der Waals surface area contributed by atoms with Crippen molar-refractivity contribution >= 4 is 38.0 Å². The van der Waals surface area contributed by atoms with E-state index in [2.05, 4.69) is 89.8 Å². The van der Waals surface area contributed by atoms with E-state index in [1.54, 1.807) is 0 Å². The predicted molar refractivity (Wildman–Crippen MR) is 157 cm³/mol.